The Kier molecular flexibility index (Phi) is 5.39. The first-order valence-electron chi connectivity index (χ1n) is 9.81. The van der Waals surface area contributed by atoms with Gasteiger partial charge in [0.1, 0.15) is 6.04 Å². The molecule has 0 radical (unpaired) electrons. The molecule has 1 aromatic carbocycles. The first kappa shape index (κ1) is 20.9. The molecule has 1 atom stereocenters. The molecule has 2 fully saturated rings. The summed E-state index contributed by atoms with van der Waals surface area (Å²) >= 11 is 5.98. The minimum Gasteiger partial charge on any atom is -0.403 e. The number of benzene rings is 1. The first-order chi connectivity index (χ1) is 14.1. The quantitative estimate of drug-likeness (QED) is 0.690. The van der Waals surface area contributed by atoms with Gasteiger partial charge < -0.3 is 14.6 Å². The monoisotopic (exact) mass is 453 g/mol. The third-order valence-electron chi connectivity index (χ3n) is 5.74. The van der Waals surface area contributed by atoms with Gasteiger partial charge in [0.15, 0.2) is 0 Å². The number of amides is 1. The molecule has 0 unspecified atom stereocenters. The van der Waals surface area contributed by atoms with E-state index < -0.39 is 16.1 Å². The summed E-state index contributed by atoms with van der Waals surface area (Å²) in [6, 6.07) is 4.21. The molecule has 1 aliphatic heterocycles. The Morgan fingerprint density at radius 3 is 2.57 bits per heavy atom. The van der Waals surface area contributed by atoms with Crippen LogP contribution in [0.4, 0.5) is 11.7 Å². The normalized spacial score (nSPS) is 18.8. The number of rotatable bonds is 6. The van der Waals surface area contributed by atoms with Gasteiger partial charge in [-0.15, -0.1) is 5.10 Å². The van der Waals surface area contributed by atoms with Crippen LogP contribution < -0.4 is 10.0 Å². The summed E-state index contributed by atoms with van der Waals surface area (Å²) in [6.07, 6.45) is 5.76. The standard InChI is InChI=1S/C19H24ClN5O4S/c1-12(17(26)25-9-7-19(5-6-19)8-10-25)21-18-23-22-16(29-18)14-4-3-13(20)11-15(14)24-30(2,27)28/h3-4,11-12,24H,5-10H2,1-2H3,(H,21,23)/t12-/m0/s1. The van der Waals surface area contributed by atoms with E-state index in [4.69, 9.17) is 16.0 Å². The highest BCUT2D eigenvalue weighted by molar-refractivity contribution is 7.92. The first-order valence-corrected chi connectivity index (χ1v) is 12.1. The fraction of sp³-hybridized carbons (Fsp3) is 0.526. The van der Waals surface area contributed by atoms with Crippen LogP contribution in [-0.4, -0.2) is 54.8 Å². The van der Waals surface area contributed by atoms with E-state index in [0.717, 1.165) is 32.2 Å². The lowest BCUT2D eigenvalue weighted by Crippen LogP contribution is -2.45. The van der Waals surface area contributed by atoms with E-state index in [1.807, 2.05) is 4.90 Å². The number of carbonyl (C=O) groups is 1. The number of carbonyl (C=O) groups excluding carboxylic acids is 1. The van der Waals surface area contributed by atoms with Crippen LogP contribution in [0.2, 0.25) is 5.02 Å². The SMILES string of the molecule is C[C@H](Nc1nnc(-c2ccc(Cl)cc2NS(C)(=O)=O)o1)C(=O)N1CCC2(CC1)CC2. The molecule has 162 valence electrons. The highest BCUT2D eigenvalue weighted by Gasteiger charge is 2.45. The summed E-state index contributed by atoms with van der Waals surface area (Å²) in [6.45, 7) is 3.32. The van der Waals surface area contributed by atoms with Gasteiger partial charge in [-0.25, -0.2) is 8.42 Å². The number of hydrogen-bond donors (Lipinski definition) is 2. The van der Waals surface area contributed by atoms with Crippen molar-refractivity contribution in [3.05, 3.63) is 23.2 Å². The van der Waals surface area contributed by atoms with Gasteiger partial charge in [0.05, 0.1) is 17.5 Å². The minimum atomic E-state index is -3.53. The van der Waals surface area contributed by atoms with Gasteiger partial charge in [-0.2, -0.15) is 0 Å². The predicted octanol–water partition coefficient (Wildman–Crippen LogP) is 2.96. The van der Waals surface area contributed by atoms with Gasteiger partial charge in [0, 0.05) is 18.1 Å². The maximum atomic E-state index is 12.7. The van der Waals surface area contributed by atoms with Crippen molar-refractivity contribution in [2.24, 2.45) is 5.41 Å². The largest absolute Gasteiger partial charge is 0.403 e. The number of sulfonamides is 1. The molecule has 0 bridgehead atoms. The van der Waals surface area contributed by atoms with Crippen molar-refractivity contribution in [1.29, 1.82) is 0 Å². The van der Waals surface area contributed by atoms with Gasteiger partial charge in [0.2, 0.25) is 15.9 Å². The lowest BCUT2D eigenvalue weighted by atomic mass is 9.93. The van der Waals surface area contributed by atoms with Gasteiger partial charge in [-0.3, -0.25) is 9.52 Å². The molecular weight excluding hydrogens is 430 g/mol. The van der Waals surface area contributed by atoms with Crippen LogP contribution in [0.25, 0.3) is 11.5 Å². The van der Waals surface area contributed by atoms with Gasteiger partial charge >= 0.3 is 6.01 Å². The maximum absolute atomic E-state index is 12.7. The number of nitrogens with zero attached hydrogens (tertiary/aromatic N) is 3. The lowest BCUT2D eigenvalue weighted by Gasteiger charge is -2.33. The van der Waals surface area contributed by atoms with Crippen LogP contribution in [0.1, 0.15) is 32.6 Å². The van der Waals surface area contributed by atoms with Crippen molar-refractivity contribution >= 4 is 39.2 Å². The lowest BCUT2D eigenvalue weighted by molar-refractivity contribution is -0.133. The van der Waals surface area contributed by atoms with Crippen LogP contribution in [-0.2, 0) is 14.8 Å². The molecule has 1 aromatic heterocycles. The van der Waals surface area contributed by atoms with E-state index in [9.17, 15) is 13.2 Å². The molecular formula is C19H24ClN5O4S. The Morgan fingerprint density at radius 2 is 1.93 bits per heavy atom. The Hall–Kier alpha value is -2.33. The van der Waals surface area contributed by atoms with Crippen molar-refractivity contribution in [1.82, 2.24) is 15.1 Å². The Morgan fingerprint density at radius 1 is 1.23 bits per heavy atom. The fourth-order valence-corrected chi connectivity index (χ4v) is 4.52. The predicted molar refractivity (Wildman–Crippen MR) is 114 cm³/mol. The highest BCUT2D eigenvalue weighted by Crippen LogP contribution is 2.53. The molecule has 30 heavy (non-hydrogen) atoms. The molecule has 1 spiro atoms. The maximum Gasteiger partial charge on any atom is 0.316 e. The number of nitrogens with one attached hydrogen (secondary N) is 2. The zero-order valence-corrected chi connectivity index (χ0v) is 18.4. The van der Waals surface area contributed by atoms with Crippen LogP contribution in [0.3, 0.4) is 0 Å². The Bertz CT molecular complexity index is 1060. The molecule has 9 nitrogen and oxygen atoms in total. The highest BCUT2D eigenvalue weighted by atomic mass is 35.5. The summed E-state index contributed by atoms with van der Waals surface area (Å²) in [5, 5.41) is 11.2. The summed E-state index contributed by atoms with van der Waals surface area (Å²) in [7, 11) is -3.53. The molecule has 1 aliphatic carbocycles. The van der Waals surface area contributed by atoms with Crippen LogP contribution in [0.15, 0.2) is 22.6 Å². The number of piperidine rings is 1. The second-order valence-corrected chi connectivity index (χ2v) is 10.4. The average Bonchev–Trinajstić information content (AvgIpc) is 3.26. The summed E-state index contributed by atoms with van der Waals surface area (Å²) in [4.78, 5) is 14.6. The van der Waals surface area contributed by atoms with Crippen molar-refractivity contribution < 1.29 is 17.6 Å². The van der Waals surface area contributed by atoms with Crippen LogP contribution >= 0.6 is 11.6 Å². The molecule has 1 saturated carbocycles. The number of likely N-dealkylation sites (tertiary alicyclic amines) is 1. The summed E-state index contributed by atoms with van der Waals surface area (Å²) < 4.78 is 31.3. The van der Waals surface area contributed by atoms with Gasteiger partial charge in [-0.05, 0) is 56.2 Å². The zero-order chi connectivity index (χ0) is 21.5. The smallest absolute Gasteiger partial charge is 0.316 e. The minimum absolute atomic E-state index is 0.00354. The molecule has 2 heterocycles. The van der Waals surface area contributed by atoms with Crippen LogP contribution in [0, 0.1) is 5.41 Å². The number of hydrogen-bond acceptors (Lipinski definition) is 7. The molecule has 1 amide bonds. The van der Waals surface area contributed by atoms with E-state index in [1.54, 1.807) is 19.1 Å². The third kappa shape index (κ3) is 4.70. The molecule has 11 heteroatoms. The average molecular weight is 454 g/mol. The summed E-state index contributed by atoms with van der Waals surface area (Å²) in [5.74, 6) is 0.102. The number of halogens is 1. The van der Waals surface area contributed by atoms with E-state index >= 15 is 0 Å². The Labute approximate surface area is 180 Å². The second-order valence-electron chi connectivity index (χ2n) is 8.17. The van der Waals surface area contributed by atoms with E-state index in [1.165, 1.54) is 18.9 Å². The molecule has 1 saturated heterocycles. The number of anilines is 2. The number of aromatic nitrogens is 2. The van der Waals surface area contributed by atoms with E-state index in [0.29, 0.717) is 16.0 Å². The topological polar surface area (TPSA) is 117 Å². The molecule has 2 N–H and O–H groups in total. The molecule has 2 aromatic rings. The van der Waals surface area contributed by atoms with Crippen molar-refractivity contribution in [3.8, 4) is 11.5 Å². The van der Waals surface area contributed by atoms with E-state index in [-0.39, 0.29) is 23.5 Å². The van der Waals surface area contributed by atoms with Crippen LogP contribution in [0.5, 0.6) is 0 Å². The van der Waals surface area contributed by atoms with Crippen molar-refractivity contribution in [2.45, 2.75) is 38.6 Å². The zero-order valence-electron chi connectivity index (χ0n) is 16.8. The van der Waals surface area contributed by atoms with Crippen molar-refractivity contribution in [3.63, 3.8) is 0 Å². The van der Waals surface area contributed by atoms with Gasteiger partial charge in [-0.1, -0.05) is 16.7 Å². The molecule has 2 aliphatic rings. The fourth-order valence-electron chi connectivity index (χ4n) is 3.78. The van der Waals surface area contributed by atoms with Gasteiger partial charge in [0.25, 0.3) is 5.89 Å². The third-order valence-corrected chi connectivity index (χ3v) is 6.56. The molecule has 4 rings (SSSR count). The summed E-state index contributed by atoms with van der Waals surface area (Å²) in [5.41, 5.74) is 1.12. The second kappa shape index (κ2) is 7.73. The van der Waals surface area contributed by atoms with Crippen molar-refractivity contribution in [2.75, 3.05) is 29.4 Å². The van der Waals surface area contributed by atoms with E-state index in [2.05, 4.69) is 20.2 Å². The Balaban J connectivity index is 1.45.